The zero-order valence-electron chi connectivity index (χ0n) is 19.9. The lowest BCUT2D eigenvalue weighted by molar-refractivity contribution is -0.101. The summed E-state index contributed by atoms with van der Waals surface area (Å²) in [6, 6.07) is 7.34. The third-order valence-corrected chi connectivity index (χ3v) is 7.29. The van der Waals surface area contributed by atoms with Gasteiger partial charge in [-0.05, 0) is 31.0 Å². The third-order valence-electron chi connectivity index (χ3n) is 6.99. The number of benzene rings is 1. The van der Waals surface area contributed by atoms with E-state index >= 15 is 0 Å². The number of nitrogens with one attached hydrogen (secondary N) is 3. The molecule has 1 unspecified atom stereocenters. The molecule has 0 radical (unpaired) electrons. The fourth-order valence-electron chi connectivity index (χ4n) is 4.92. The van der Waals surface area contributed by atoms with Crippen LogP contribution in [0.5, 0.6) is 11.5 Å². The first-order chi connectivity index (χ1) is 17.6. The van der Waals surface area contributed by atoms with Crippen molar-refractivity contribution < 1.29 is 23.7 Å². The summed E-state index contributed by atoms with van der Waals surface area (Å²) in [5, 5.41) is 6.99. The molecule has 1 saturated carbocycles. The van der Waals surface area contributed by atoms with E-state index in [1.807, 2.05) is 18.2 Å². The first-order valence-corrected chi connectivity index (χ1v) is 12.4. The third kappa shape index (κ3) is 4.07. The van der Waals surface area contributed by atoms with Crippen LogP contribution in [0.3, 0.4) is 0 Å². The van der Waals surface area contributed by atoms with Crippen LogP contribution < -0.4 is 20.1 Å². The zero-order chi connectivity index (χ0) is 24.7. The van der Waals surface area contributed by atoms with Crippen LogP contribution in [0.1, 0.15) is 28.9 Å². The number of para-hydroxylation sites is 1. The molecule has 3 aromatic rings. The Balaban J connectivity index is 1.44. The molecule has 4 heterocycles. The van der Waals surface area contributed by atoms with Crippen LogP contribution in [0, 0.1) is 0 Å². The van der Waals surface area contributed by atoms with Gasteiger partial charge in [0.15, 0.2) is 5.75 Å². The van der Waals surface area contributed by atoms with Crippen LogP contribution in [0.2, 0.25) is 5.02 Å². The van der Waals surface area contributed by atoms with E-state index in [9.17, 15) is 4.79 Å². The molecule has 2 aliphatic heterocycles. The zero-order valence-corrected chi connectivity index (χ0v) is 20.6. The molecular weight excluding hydrogens is 484 g/mol. The molecule has 2 fully saturated rings. The number of carbonyl (C=O) groups excluding carboxylic acids is 1. The lowest BCUT2D eigenvalue weighted by Crippen LogP contribution is -2.39. The summed E-state index contributed by atoms with van der Waals surface area (Å²) in [6.45, 7) is 2.57. The number of pyridine rings is 1. The smallest absolute Gasteiger partial charge is 0.255 e. The molecule has 1 aromatic carbocycles. The molecule has 2 aromatic heterocycles. The highest BCUT2D eigenvalue weighted by atomic mass is 35.5. The highest BCUT2D eigenvalue weighted by Crippen LogP contribution is 2.54. The average Bonchev–Trinajstić information content (AvgIpc) is 3.58. The molecule has 3 aliphatic rings. The van der Waals surface area contributed by atoms with Gasteiger partial charge in [0.25, 0.3) is 5.91 Å². The fraction of sp³-hybridized carbons (Fsp3) is 0.385. The summed E-state index contributed by atoms with van der Waals surface area (Å²) < 4.78 is 22.9. The topological polar surface area (TPSA) is 107 Å². The summed E-state index contributed by atoms with van der Waals surface area (Å²) in [5.41, 5.74) is 4.28. The quantitative estimate of drug-likeness (QED) is 0.440. The summed E-state index contributed by atoms with van der Waals surface area (Å²) in [6.07, 6.45) is 5.25. The fourth-order valence-corrected chi connectivity index (χ4v) is 5.17. The Labute approximate surface area is 213 Å². The number of nitrogens with zero attached hydrogens (tertiary/aromatic N) is 1. The van der Waals surface area contributed by atoms with Gasteiger partial charge in [-0.3, -0.25) is 9.78 Å². The molecule has 10 heteroatoms. The minimum absolute atomic E-state index is 0.0718. The van der Waals surface area contributed by atoms with E-state index in [0.717, 1.165) is 29.8 Å². The number of carbonyl (C=O) groups is 1. The predicted octanol–water partition coefficient (Wildman–Crippen LogP) is 4.05. The van der Waals surface area contributed by atoms with Crippen molar-refractivity contribution in [2.24, 2.45) is 0 Å². The lowest BCUT2D eigenvalue weighted by atomic mass is 9.93. The van der Waals surface area contributed by atoms with Gasteiger partial charge >= 0.3 is 0 Å². The number of hydrogen-bond acceptors (Lipinski definition) is 7. The van der Waals surface area contributed by atoms with Gasteiger partial charge in [-0.25, -0.2) is 0 Å². The van der Waals surface area contributed by atoms with Crippen molar-refractivity contribution in [3.05, 3.63) is 52.9 Å². The standard InChI is InChI=1S/C26H27ClN4O5/c1-33-23-17(27)3-2-4-18(23)30-22-20-24(26(6-7-26)14-29-25(20)32)31-21(22)16-5-8-28-11-19(16)36-13-15-12-34-9-10-35-15/h2-5,8,11,15,30-31H,6-7,9-10,12-14H2,1H3,(H,29,32). The number of hydrogen-bond donors (Lipinski definition) is 3. The van der Waals surface area contributed by atoms with Gasteiger partial charge in [0.05, 0.1) is 60.8 Å². The van der Waals surface area contributed by atoms with Gasteiger partial charge in [-0.2, -0.15) is 0 Å². The average molecular weight is 511 g/mol. The molecule has 6 rings (SSSR count). The number of fused-ring (bicyclic) bond motifs is 2. The Bertz CT molecular complexity index is 1300. The molecule has 0 bridgehead atoms. The molecule has 188 valence electrons. The summed E-state index contributed by atoms with van der Waals surface area (Å²) >= 11 is 6.39. The van der Waals surface area contributed by atoms with Crippen molar-refractivity contribution >= 4 is 28.9 Å². The largest absolute Gasteiger partial charge is 0.493 e. The molecule has 1 aliphatic carbocycles. The maximum atomic E-state index is 13.2. The number of amides is 1. The van der Waals surface area contributed by atoms with Gasteiger partial charge in [0.1, 0.15) is 18.5 Å². The number of rotatable bonds is 7. The second-order valence-electron chi connectivity index (χ2n) is 9.28. The van der Waals surface area contributed by atoms with Crippen molar-refractivity contribution in [3.63, 3.8) is 0 Å². The monoisotopic (exact) mass is 510 g/mol. The van der Waals surface area contributed by atoms with E-state index in [-0.39, 0.29) is 17.4 Å². The maximum Gasteiger partial charge on any atom is 0.255 e. The summed E-state index contributed by atoms with van der Waals surface area (Å²) in [4.78, 5) is 21.1. The Morgan fingerprint density at radius 3 is 2.94 bits per heavy atom. The Hall–Kier alpha value is -3.27. The van der Waals surface area contributed by atoms with E-state index in [0.29, 0.717) is 66.4 Å². The number of methoxy groups -OCH3 is 1. The Kier molecular flexibility index (Phi) is 5.99. The minimum atomic E-state index is -0.155. The van der Waals surface area contributed by atoms with Crippen LogP contribution >= 0.6 is 11.6 Å². The number of aromatic nitrogens is 2. The van der Waals surface area contributed by atoms with Gasteiger partial charge in [-0.15, -0.1) is 0 Å². The van der Waals surface area contributed by atoms with Crippen LogP contribution in [0.25, 0.3) is 11.3 Å². The Morgan fingerprint density at radius 1 is 1.28 bits per heavy atom. The second-order valence-corrected chi connectivity index (χ2v) is 9.69. The van der Waals surface area contributed by atoms with E-state index in [4.69, 9.17) is 30.5 Å². The molecule has 3 N–H and O–H groups in total. The van der Waals surface area contributed by atoms with Crippen molar-refractivity contribution in [2.75, 3.05) is 45.4 Å². The molecule has 1 saturated heterocycles. The van der Waals surface area contributed by atoms with Crippen LogP contribution in [-0.4, -0.2) is 62.1 Å². The Morgan fingerprint density at radius 2 is 2.17 bits per heavy atom. The van der Waals surface area contributed by atoms with E-state index in [2.05, 4.69) is 20.6 Å². The number of ether oxygens (including phenoxy) is 4. The summed E-state index contributed by atoms with van der Waals surface area (Å²) in [7, 11) is 1.57. The molecule has 1 spiro atoms. The van der Waals surface area contributed by atoms with Crippen LogP contribution in [0.15, 0.2) is 36.7 Å². The SMILES string of the molecule is COc1c(Cl)cccc1Nc1c(-c2ccncc2OCC2COCCO2)[nH]c2c1C(=O)NCC21CC1. The molecule has 9 nitrogen and oxygen atoms in total. The number of anilines is 2. The second kappa shape index (κ2) is 9.31. The van der Waals surface area contributed by atoms with Gasteiger partial charge in [-0.1, -0.05) is 17.7 Å². The normalized spacial score (nSPS) is 19.9. The van der Waals surface area contributed by atoms with Crippen molar-refractivity contribution in [2.45, 2.75) is 24.4 Å². The number of halogens is 1. The van der Waals surface area contributed by atoms with E-state index < -0.39 is 0 Å². The molecule has 1 amide bonds. The first-order valence-electron chi connectivity index (χ1n) is 12.0. The molecular formula is C26H27ClN4O5. The van der Waals surface area contributed by atoms with Crippen molar-refractivity contribution in [3.8, 4) is 22.8 Å². The van der Waals surface area contributed by atoms with Gasteiger partial charge in [0.2, 0.25) is 0 Å². The molecule has 36 heavy (non-hydrogen) atoms. The summed E-state index contributed by atoms with van der Waals surface area (Å²) in [5.74, 6) is 0.951. The number of aromatic amines is 1. The number of H-pyrrole nitrogens is 1. The lowest BCUT2D eigenvalue weighted by Gasteiger charge is -2.23. The molecule has 1 atom stereocenters. The van der Waals surface area contributed by atoms with E-state index in [1.165, 1.54) is 0 Å². The highest BCUT2D eigenvalue weighted by molar-refractivity contribution is 6.32. The predicted molar refractivity (Wildman–Crippen MR) is 135 cm³/mol. The van der Waals surface area contributed by atoms with Crippen molar-refractivity contribution in [1.82, 2.24) is 15.3 Å². The highest BCUT2D eigenvalue weighted by Gasteiger charge is 2.51. The van der Waals surface area contributed by atoms with Gasteiger partial charge in [0, 0.05) is 29.4 Å². The van der Waals surface area contributed by atoms with Crippen LogP contribution in [-0.2, 0) is 14.9 Å². The first kappa shape index (κ1) is 23.1. The van der Waals surface area contributed by atoms with Crippen molar-refractivity contribution in [1.29, 1.82) is 0 Å². The van der Waals surface area contributed by atoms with E-state index in [1.54, 1.807) is 25.6 Å². The van der Waals surface area contributed by atoms with Gasteiger partial charge < -0.3 is 34.6 Å². The maximum absolute atomic E-state index is 13.2. The van der Waals surface area contributed by atoms with Crippen LogP contribution in [0.4, 0.5) is 11.4 Å². The minimum Gasteiger partial charge on any atom is -0.493 e.